The molecule has 0 saturated carbocycles. The molecule has 0 atom stereocenters. The third-order valence-electron chi connectivity index (χ3n) is 3.13. The summed E-state index contributed by atoms with van der Waals surface area (Å²) >= 11 is 0. The van der Waals surface area contributed by atoms with Crippen LogP contribution < -0.4 is 10.1 Å². The molecule has 1 aromatic rings. The maximum Gasteiger partial charge on any atom is 0.250 e. The third kappa shape index (κ3) is 4.90. The van der Waals surface area contributed by atoms with Crippen LogP contribution in [0.4, 0.5) is 0 Å². The van der Waals surface area contributed by atoms with E-state index in [1.165, 1.54) is 0 Å². The number of carbonyl (C=O) groups excluding carboxylic acids is 1. The van der Waals surface area contributed by atoms with Crippen molar-refractivity contribution in [2.45, 2.75) is 20.3 Å². The van der Waals surface area contributed by atoms with Gasteiger partial charge in [-0.1, -0.05) is 32.0 Å². The lowest BCUT2D eigenvalue weighted by Gasteiger charge is -2.17. The zero-order valence-corrected chi connectivity index (χ0v) is 12.7. The number of hydrogen-bond acceptors (Lipinski definition) is 3. The summed E-state index contributed by atoms with van der Waals surface area (Å²) in [6.07, 6.45) is 2.71. The normalized spacial score (nSPS) is 13.4. The Kier molecular flexibility index (Phi) is 5.81. The van der Waals surface area contributed by atoms with Crippen molar-refractivity contribution >= 4 is 12.0 Å². The van der Waals surface area contributed by atoms with Gasteiger partial charge >= 0.3 is 0 Å². The van der Waals surface area contributed by atoms with Crippen molar-refractivity contribution in [3.8, 4) is 5.75 Å². The second-order valence-corrected chi connectivity index (χ2v) is 5.57. The van der Waals surface area contributed by atoms with Gasteiger partial charge in [-0.15, -0.1) is 0 Å². The lowest BCUT2D eigenvalue weighted by Crippen LogP contribution is -2.30. The highest BCUT2D eigenvalue weighted by Crippen LogP contribution is 2.25. The zero-order chi connectivity index (χ0) is 15.1. The summed E-state index contributed by atoms with van der Waals surface area (Å²) in [6.45, 7) is 6.63. The number of carbonyl (C=O) groups is 1. The Morgan fingerprint density at radius 2 is 2.19 bits per heavy atom. The second-order valence-electron chi connectivity index (χ2n) is 5.57. The van der Waals surface area contributed by atoms with E-state index in [9.17, 15) is 4.79 Å². The summed E-state index contributed by atoms with van der Waals surface area (Å²) in [5.41, 5.74) is 1.62. The summed E-state index contributed by atoms with van der Waals surface area (Å²) in [4.78, 5) is 12.0. The van der Waals surface area contributed by atoms with E-state index >= 15 is 0 Å². The summed E-state index contributed by atoms with van der Waals surface area (Å²) < 4.78 is 11.1. The molecular weight excluding hydrogens is 266 g/mol. The van der Waals surface area contributed by atoms with Crippen LogP contribution in [0.5, 0.6) is 5.75 Å². The topological polar surface area (TPSA) is 47.6 Å². The van der Waals surface area contributed by atoms with Crippen molar-refractivity contribution in [1.29, 1.82) is 0 Å². The molecule has 1 amide bonds. The van der Waals surface area contributed by atoms with Gasteiger partial charge in [-0.3, -0.25) is 4.79 Å². The van der Waals surface area contributed by atoms with Crippen LogP contribution in [0.3, 0.4) is 0 Å². The van der Waals surface area contributed by atoms with Gasteiger partial charge in [0.15, 0.2) is 0 Å². The van der Waals surface area contributed by atoms with Crippen LogP contribution in [-0.4, -0.2) is 32.3 Å². The first-order chi connectivity index (χ1) is 10.2. The number of benzene rings is 1. The fourth-order valence-electron chi connectivity index (χ4n) is 2.06. The molecule has 0 aliphatic carbocycles. The summed E-state index contributed by atoms with van der Waals surface area (Å²) in [5, 5.41) is 2.90. The average molecular weight is 289 g/mol. The maximum absolute atomic E-state index is 12.0. The predicted octanol–water partition coefficient (Wildman–Crippen LogP) is 2.64. The quantitative estimate of drug-likeness (QED) is 0.785. The lowest BCUT2D eigenvalue weighted by atomic mass is 10.1. The molecule has 0 unspecified atom stereocenters. The van der Waals surface area contributed by atoms with Crippen LogP contribution in [0, 0.1) is 5.92 Å². The Balaban J connectivity index is 1.73. The number of ether oxygens (including phenoxy) is 2. The fraction of sp³-hybridized carbons (Fsp3) is 0.471. The molecule has 0 radical (unpaired) electrons. The lowest BCUT2D eigenvalue weighted by molar-refractivity contribution is -0.117. The van der Waals surface area contributed by atoms with Gasteiger partial charge in [-0.2, -0.15) is 0 Å². The van der Waals surface area contributed by atoms with Gasteiger partial charge in [0.25, 0.3) is 5.91 Å². The molecule has 114 valence electrons. The molecule has 0 spiro atoms. The number of fused-ring (bicyclic) bond motifs is 1. The Bertz CT molecular complexity index is 509. The molecule has 1 aromatic carbocycles. The van der Waals surface area contributed by atoms with Crippen LogP contribution in [0.15, 0.2) is 29.8 Å². The Hall–Kier alpha value is -1.81. The molecule has 1 N–H and O–H groups in total. The van der Waals surface area contributed by atoms with E-state index < -0.39 is 0 Å². The first-order valence-electron chi connectivity index (χ1n) is 7.45. The highest BCUT2D eigenvalue weighted by molar-refractivity contribution is 5.99. The van der Waals surface area contributed by atoms with E-state index in [-0.39, 0.29) is 5.91 Å². The molecule has 4 nitrogen and oxygen atoms in total. The van der Waals surface area contributed by atoms with Gasteiger partial charge in [0.2, 0.25) is 0 Å². The van der Waals surface area contributed by atoms with Gasteiger partial charge in [-0.25, -0.2) is 0 Å². The second kappa shape index (κ2) is 7.84. The summed E-state index contributed by atoms with van der Waals surface area (Å²) in [7, 11) is 0. The van der Waals surface area contributed by atoms with Crippen LogP contribution in [-0.2, 0) is 9.53 Å². The minimum Gasteiger partial charge on any atom is -0.488 e. The predicted molar refractivity (Wildman–Crippen MR) is 83.2 cm³/mol. The van der Waals surface area contributed by atoms with E-state index in [0.29, 0.717) is 31.2 Å². The number of nitrogens with one attached hydrogen (secondary N) is 1. The van der Waals surface area contributed by atoms with E-state index in [2.05, 4.69) is 19.2 Å². The van der Waals surface area contributed by atoms with Gasteiger partial charge < -0.3 is 14.8 Å². The van der Waals surface area contributed by atoms with Crippen molar-refractivity contribution in [3.63, 3.8) is 0 Å². The van der Waals surface area contributed by atoms with Crippen molar-refractivity contribution in [3.05, 3.63) is 35.4 Å². The molecule has 0 bridgehead atoms. The smallest absolute Gasteiger partial charge is 0.250 e. The van der Waals surface area contributed by atoms with Crippen LogP contribution >= 0.6 is 0 Å². The molecule has 4 heteroatoms. The number of rotatable bonds is 7. The third-order valence-corrected chi connectivity index (χ3v) is 3.13. The number of para-hydroxylation sites is 1. The van der Waals surface area contributed by atoms with Crippen LogP contribution in [0.2, 0.25) is 0 Å². The average Bonchev–Trinajstić information content (AvgIpc) is 2.49. The summed E-state index contributed by atoms with van der Waals surface area (Å²) in [5.74, 6) is 1.31. The van der Waals surface area contributed by atoms with Gasteiger partial charge in [0.1, 0.15) is 12.4 Å². The van der Waals surface area contributed by atoms with E-state index in [4.69, 9.17) is 9.47 Å². The van der Waals surface area contributed by atoms with Crippen molar-refractivity contribution in [1.82, 2.24) is 5.32 Å². The number of hydrogen-bond donors (Lipinski definition) is 1. The molecular formula is C17H23NO3. The van der Waals surface area contributed by atoms with Crippen LogP contribution in [0.1, 0.15) is 25.8 Å². The fourth-order valence-corrected chi connectivity index (χ4v) is 2.06. The van der Waals surface area contributed by atoms with Crippen molar-refractivity contribution in [2.75, 3.05) is 26.4 Å². The van der Waals surface area contributed by atoms with E-state index in [1.807, 2.05) is 30.3 Å². The Morgan fingerprint density at radius 3 is 3.00 bits per heavy atom. The maximum atomic E-state index is 12.0. The number of amides is 1. The monoisotopic (exact) mass is 289 g/mol. The van der Waals surface area contributed by atoms with Gasteiger partial charge in [0.05, 0.1) is 5.57 Å². The SMILES string of the molecule is CC(C)COCCCNC(=O)C1=Cc2ccccc2OC1. The van der Waals surface area contributed by atoms with Crippen molar-refractivity contribution < 1.29 is 14.3 Å². The van der Waals surface area contributed by atoms with Crippen molar-refractivity contribution in [2.24, 2.45) is 5.92 Å². The minimum absolute atomic E-state index is 0.0617. The molecule has 21 heavy (non-hydrogen) atoms. The highest BCUT2D eigenvalue weighted by Gasteiger charge is 2.16. The molecule has 0 saturated heterocycles. The molecule has 0 aromatic heterocycles. The minimum atomic E-state index is -0.0617. The molecule has 1 aliphatic rings. The van der Waals surface area contributed by atoms with Gasteiger partial charge in [0, 0.05) is 25.3 Å². The molecule has 2 rings (SSSR count). The molecule has 1 aliphatic heterocycles. The summed E-state index contributed by atoms with van der Waals surface area (Å²) in [6, 6.07) is 7.72. The Labute approximate surface area is 126 Å². The van der Waals surface area contributed by atoms with Crippen LogP contribution in [0.25, 0.3) is 6.08 Å². The molecule has 1 heterocycles. The highest BCUT2D eigenvalue weighted by atomic mass is 16.5. The largest absolute Gasteiger partial charge is 0.488 e. The standard InChI is InChI=1S/C17H23NO3/c1-13(2)11-20-9-5-8-18-17(19)15-10-14-6-3-4-7-16(14)21-12-15/h3-4,6-7,10,13H,5,8-9,11-12H2,1-2H3,(H,18,19). The van der Waals surface area contributed by atoms with Gasteiger partial charge in [-0.05, 0) is 24.5 Å². The first kappa shape index (κ1) is 15.6. The zero-order valence-electron chi connectivity index (χ0n) is 12.7. The van der Waals surface area contributed by atoms with E-state index in [0.717, 1.165) is 24.3 Å². The van der Waals surface area contributed by atoms with E-state index in [1.54, 1.807) is 0 Å². The molecule has 0 fully saturated rings. The Morgan fingerprint density at radius 1 is 1.38 bits per heavy atom. The first-order valence-corrected chi connectivity index (χ1v) is 7.45.